The van der Waals surface area contributed by atoms with Crippen LogP contribution in [0.1, 0.15) is 16.7 Å². The summed E-state index contributed by atoms with van der Waals surface area (Å²) in [6.45, 7) is 3.81. The van der Waals surface area contributed by atoms with Gasteiger partial charge in [-0.15, -0.1) is 0 Å². The van der Waals surface area contributed by atoms with E-state index in [0.717, 1.165) is 13.1 Å². The van der Waals surface area contributed by atoms with Crippen molar-refractivity contribution in [2.24, 2.45) is 7.05 Å². The minimum Gasteiger partial charge on any atom is -0.308 e. The summed E-state index contributed by atoms with van der Waals surface area (Å²) in [5.41, 5.74) is 3.76. The standard InChI is InChI=1S/C13H16BrN3/c1-10-4-3-5-12(13(10)14)8-15-6-11-7-16-17(2)9-11/h3-5,7,9,15H,6,8H2,1-2H3. The zero-order valence-electron chi connectivity index (χ0n) is 10.1. The van der Waals surface area contributed by atoms with Gasteiger partial charge in [-0.1, -0.05) is 34.1 Å². The van der Waals surface area contributed by atoms with Crippen molar-refractivity contribution in [3.8, 4) is 0 Å². The van der Waals surface area contributed by atoms with E-state index in [9.17, 15) is 0 Å². The van der Waals surface area contributed by atoms with E-state index in [1.54, 1.807) is 0 Å². The molecule has 2 rings (SSSR count). The van der Waals surface area contributed by atoms with E-state index in [1.165, 1.54) is 21.2 Å². The van der Waals surface area contributed by atoms with Crippen LogP contribution in [0.5, 0.6) is 0 Å². The van der Waals surface area contributed by atoms with Crippen LogP contribution in [0.2, 0.25) is 0 Å². The van der Waals surface area contributed by atoms with Crippen LogP contribution < -0.4 is 5.32 Å². The predicted octanol–water partition coefficient (Wildman–Crippen LogP) is 2.78. The van der Waals surface area contributed by atoms with Gasteiger partial charge in [-0.05, 0) is 18.1 Å². The summed E-state index contributed by atoms with van der Waals surface area (Å²) in [4.78, 5) is 0. The normalized spacial score (nSPS) is 10.8. The molecule has 2 aromatic rings. The van der Waals surface area contributed by atoms with Gasteiger partial charge < -0.3 is 5.32 Å². The smallest absolute Gasteiger partial charge is 0.0534 e. The van der Waals surface area contributed by atoms with Crippen molar-refractivity contribution in [2.45, 2.75) is 20.0 Å². The lowest BCUT2D eigenvalue weighted by Crippen LogP contribution is -2.12. The highest BCUT2D eigenvalue weighted by molar-refractivity contribution is 9.10. The molecule has 0 saturated carbocycles. The van der Waals surface area contributed by atoms with Gasteiger partial charge in [0.1, 0.15) is 0 Å². The maximum Gasteiger partial charge on any atom is 0.0534 e. The average molecular weight is 294 g/mol. The van der Waals surface area contributed by atoms with Crippen LogP contribution in [0.3, 0.4) is 0 Å². The van der Waals surface area contributed by atoms with Gasteiger partial charge in [-0.2, -0.15) is 5.10 Å². The van der Waals surface area contributed by atoms with E-state index in [1.807, 2.05) is 24.1 Å². The molecule has 0 unspecified atom stereocenters. The third-order valence-electron chi connectivity index (χ3n) is 2.67. The van der Waals surface area contributed by atoms with Crippen LogP contribution in [0.15, 0.2) is 35.1 Å². The Labute approximate surface area is 110 Å². The van der Waals surface area contributed by atoms with Crippen LogP contribution in [0.25, 0.3) is 0 Å². The second-order valence-corrected chi connectivity index (χ2v) is 4.97. The summed E-state index contributed by atoms with van der Waals surface area (Å²) in [6, 6.07) is 6.32. The predicted molar refractivity (Wildman–Crippen MR) is 72.6 cm³/mol. The molecule has 1 heterocycles. The summed E-state index contributed by atoms with van der Waals surface area (Å²) in [5.74, 6) is 0. The Kier molecular flexibility index (Phi) is 3.97. The fourth-order valence-electron chi connectivity index (χ4n) is 1.75. The fraction of sp³-hybridized carbons (Fsp3) is 0.308. The van der Waals surface area contributed by atoms with Gasteiger partial charge in [0, 0.05) is 36.4 Å². The molecule has 0 bridgehead atoms. The summed E-state index contributed by atoms with van der Waals surface area (Å²) >= 11 is 3.61. The molecule has 0 fully saturated rings. The van der Waals surface area contributed by atoms with Crippen LogP contribution in [0.4, 0.5) is 0 Å². The lowest BCUT2D eigenvalue weighted by atomic mass is 10.1. The van der Waals surface area contributed by atoms with E-state index >= 15 is 0 Å². The summed E-state index contributed by atoms with van der Waals surface area (Å²) in [6.07, 6.45) is 3.91. The second kappa shape index (κ2) is 5.47. The Morgan fingerprint density at radius 3 is 2.88 bits per heavy atom. The molecular formula is C13H16BrN3. The quantitative estimate of drug-likeness (QED) is 0.939. The van der Waals surface area contributed by atoms with Crippen molar-refractivity contribution >= 4 is 15.9 Å². The molecule has 90 valence electrons. The maximum absolute atomic E-state index is 4.14. The first-order valence-electron chi connectivity index (χ1n) is 5.59. The minimum atomic E-state index is 0.841. The molecule has 0 spiro atoms. The number of benzene rings is 1. The lowest BCUT2D eigenvalue weighted by Gasteiger charge is -2.07. The zero-order chi connectivity index (χ0) is 12.3. The Bertz CT molecular complexity index is 505. The Morgan fingerprint density at radius 1 is 1.35 bits per heavy atom. The summed E-state index contributed by atoms with van der Waals surface area (Å²) in [5, 5.41) is 7.56. The largest absolute Gasteiger partial charge is 0.308 e. The van der Waals surface area contributed by atoms with Gasteiger partial charge in [-0.25, -0.2) is 0 Å². The topological polar surface area (TPSA) is 29.9 Å². The molecule has 17 heavy (non-hydrogen) atoms. The number of hydrogen-bond acceptors (Lipinski definition) is 2. The lowest BCUT2D eigenvalue weighted by molar-refractivity contribution is 0.689. The van der Waals surface area contributed by atoms with E-state index in [4.69, 9.17) is 0 Å². The number of halogens is 1. The number of rotatable bonds is 4. The molecule has 0 saturated heterocycles. The first-order valence-corrected chi connectivity index (χ1v) is 6.38. The average Bonchev–Trinajstić information content (AvgIpc) is 2.70. The highest BCUT2D eigenvalue weighted by Gasteiger charge is 2.02. The summed E-state index contributed by atoms with van der Waals surface area (Å²) < 4.78 is 3.01. The molecule has 0 aliphatic heterocycles. The number of nitrogens with zero attached hydrogens (tertiary/aromatic N) is 2. The molecular weight excluding hydrogens is 278 g/mol. The van der Waals surface area contributed by atoms with Gasteiger partial charge in [0.25, 0.3) is 0 Å². The van der Waals surface area contributed by atoms with Gasteiger partial charge in [-0.3, -0.25) is 4.68 Å². The van der Waals surface area contributed by atoms with Crippen LogP contribution in [0, 0.1) is 6.92 Å². The molecule has 0 aliphatic carbocycles. The maximum atomic E-state index is 4.14. The van der Waals surface area contributed by atoms with Crippen molar-refractivity contribution in [3.05, 3.63) is 51.8 Å². The first-order chi connectivity index (χ1) is 8.16. The highest BCUT2D eigenvalue weighted by atomic mass is 79.9. The molecule has 3 nitrogen and oxygen atoms in total. The van der Waals surface area contributed by atoms with Crippen molar-refractivity contribution in [3.63, 3.8) is 0 Å². The monoisotopic (exact) mass is 293 g/mol. The fourth-order valence-corrected chi connectivity index (χ4v) is 2.15. The third-order valence-corrected chi connectivity index (χ3v) is 3.81. The molecule has 1 aromatic carbocycles. The molecule has 0 amide bonds. The van der Waals surface area contributed by atoms with E-state index < -0.39 is 0 Å². The molecule has 4 heteroatoms. The minimum absolute atomic E-state index is 0.841. The van der Waals surface area contributed by atoms with Gasteiger partial charge >= 0.3 is 0 Å². The Morgan fingerprint density at radius 2 is 2.18 bits per heavy atom. The SMILES string of the molecule is Cc1cccc(CNCc2cnn(C)c2)c1Br. The Hall–Kier alpha value is -1.13. The number of hydrogen-bond donors (Lipinski definition) is 1. The molecule has 0 radical (unpaired) electrons. The van der Waals surface area contributed by atoms with Gasteiger partial charge in [0.2, 0.25) is 0 Å². The van der Waals surface area contributed by atoms with Crippen molar-refractivity contribution < 1.29 is 0 Å². The first kappa shape index (κ1) is 12.3. The van der Waals surface area contributed by atoms with Crippen molar-refractivity contribution in [2.75, 3.05) is 0 Å². The molecule has 0 atom stereocenters. The van der Waals surface area contributed by atoms with Crippen LogP contribution in [-0.2, 0) is 20.1 Å². The van der Waals surface area contributed by atoms with Crippen LogP contribution >= 0.6 is 15.9 Å². The van der Waals surface area contributed by atoms with E-state index in [-0.39, 0.29) is 0 Å². The molecule has 1 N–H and O–H groups in total. The molecule has 0 aliphatic rings. The van der Waals surface area contributed by atoms with E-state index in [2.05, 4.69) is 51.5 Å². The highest BCUT2D eigenvalue weighted by Crippen LogP contribution is 2.20. The summed E-state index contributed by atoms with van der Waals surface area (Å²) in [7, 11) is 1.93. The zero-order valence-corrected chi connectivity index (χ0v) is 11.7. The van der Waals surface area contributed by atoms with Gasteiger partial charge in [0.15, 0.2) is 0 Å². The van der Waals surface area contributed by atoms with Crippen molar-refractivity contribution in [1.82, 2.24) is 15.1 Å². The Balaban J connectivity index is 1.92. The third kappa shape index (κ3) is 3.17. The number of nitrogens with one attached hydrogen (secondary N) is 1. The van der Waals surface area contributed by atoms with Gasteiger partial charge in [0.05, 0.1) is 6.20 Å². The molecule has 1 aromatic heterocycles. The second-order valence-electron chi connectivity index (χ2n) is 4.17. The number of aryl methyl sites for hydroxylation is 2. The van der Waals surface area contributed by atoms with Crippen LogP contribution in [-0.4, -0.2) is 9.78 Å². The number of aromatic nitrogens is 2. The van der Waals surface area contributed by atoms with E-state index in [0.29, 0.717) is 0 Å². The van der Waals surface area contributed by atoms with Crippen molar-refractivity contribution in [1.29, 1.82) is 0 Å².